The summed E-state index contributed by atoms with van der Waals surface area (Å²) in [4.78, 5) is 17.9. The minimum Gasteiger partial charge on any atom is -0.444 e. The summed E-state index contributed by atoms with van der Waals surface area (Å²) in [5.41, 5.74) is 3.73. The average Bonchev–Trinajstić information content (AvgIpc) is 3.23. The second-order valence-electron chi connectivity index (χ2n) is 7.49. The van der Waals surface area contributed by atoms with Gasteiger partial charge in [0.15, 0.2) is 0 Å². The fourth-order valence-corrected chi connectivity index (χ4v) is 4.05. The summed E-state index contributed by atoms with van der Waals surface area (Å²) >= 11 is 0. The van der Waals surface area contributed by atoms with Crippen LogP contribution in [-0.4, -0.2) is 35.4 Å². The van der Waals surface area contributed by atoms with Crippen LogP contribution in [0, 0.1) is 25.2 Å². The Bertz CT molecular complexity index is 1050. The average molecular weight is 376 g/mol. The Morgan fingerprint density at radius 1 is 1.32 bits per heavy atom. The maximum absolute atomic E-state index is 12.4. The van der Waals surface area contributed by atoms with Crippen molar-refractivity contribution in [2.24, 2.45) is 0 Å². The third-order valence-electron chi connectivity index (χ3n) is 5.77. The first-order valence-corrected chi connectivity index (χ1v) is 9.65. The Morgan fingerprint density at radius 2 is 2.07 bits per heavy atom. The maximum atomic E-state index is 12.4. The number of para-hydroxylation sites is 1. The number of aryl methyl sites for hydroxylation is 1. The molecule has 3 aromatic rings. The molecule has 144 valence electrons. The van der Waals surface area contributed by atoms with Gasteiger partial charge in [-0.2, -0.15) is 5.26 Å². The summed E-state index contributed by atoms with van der Waals surface area (Å²) in [6.07, 6.45) is 4.18. The lowest BCUT2D eigenvalue weighted by Crippen LogP contribution is -2.38. The first kappa shape index (κ1) is 18.3. The van der Waals surface area contributed by atoms with Gasteiger partial charge in [0.25, 0.3) is 0 Å². The zero-order valence-corrected chi connectivity index (χ0v) is 16.2. The Hall–Kier alpha value is -3.04. The molecule has 3 heterocycles. The van der Waals surface area contributed by atoms with Gasteiger partial charge in [-0.25, -0.2) is 0 Å². The lowest BCUT2D eigenvalue weighted by atomic mass is 9.89. The second-order valence-corrected chi connectivity index (χ2v) is 7.49. The van der Waals surface area contributed by atoms with E-state index in [9.17, 15) is 10.1 Å². The fraction of sp³-hybridized carbons (Fsp3) is 0.364. The number of carbonyl (C=O) groups is 1. The number of fused-ring (bicyclic) bond motifs is 1. The van der Waals surface area contributed by atoms with E-state index in [0.717, 1.165) is 31.5 Å². The summed E-state index contributed by atoms with van der Waals surface area (Å²) in [5.74, 6) is 1.29. The number of H-pyrrole nitrogens is 1. The fourth-order valence-electron chi connectivity index (χ4n) is 4.05. The molecule has 0 aliphatic carbocycles. The molecule has 0 radical (unpaired) electrons. The number of carbonyl (C=O) groups excluding carboxylic acids is 1. The highest BCUT2D eigenvalue weighted by Gasteiger charge is 2.24. The lowest BCUT2D eigenvalue weighted by Gasteiger charge is -2.31. The van der Waals surface area contributed by atoms with Crippen LogP contribution in [0.15, 0.2) is 34.9 Å². The number of nitriles is 1. The molecule has 0 unspecified atom stereocenters. The van der Waals surface area contributed by atoms with Gasteiger partial charge < -0.3 is 9.40 Å². The van der Waals surface area contributed by atoms with Crippen LogP contribution in [0.2, 0.25) is 0 Å². The van der Waals surface area contributed by atoms with E-state index < -0.39 is 0 Å². The van der Waals surface area contributed by atoms with Crippen molar-refractivity contribution < 1.29 is 9.21 Å². The SMILES string of the molecule is Cc1oc(NC(=O)CN2CCC(c3c[nH]c4ccccc34)CC2)c(C#N)c1C. The molecule has 0 bridgehead atoms. The predicted molar refractivity (Wildman–Crippen MR) is 108 cm³/mol. The number of anilines is 1. The quantitative estimate of drug-likeness (QED) is 0.719. The smallest absolute Gasteiger partial charge is 0.240 e. The van der Waals surface area contributed by atoms with Gasteiger partial charge in [-0.05, 0) is 57.3 Å². The monoisotopic (exact) mass is 376 g/mol. The maximum Gasteiger partial charge on any atom is 0.240 e. The third-order valence-corrected chi connectivity index (χ3v) is 5.77. The van der Waals surface area contributed by atoms with Gasteiger partial charge in [0.2, 0.25) is 11.8 Å². The zero-order valence-electron chi connectivity index (χ0n) is 16.2. The molecular weight excluding hydrogens is 352 g/mol. The summed E-state index contributed by atoms with van der Waals surface area (Å²) in [7, 11) is 0. The number of piperidine rings is 1. The van der Waals surface area contributed by atoms with Crippen molar-refractivity contribution in [2.75, 3.05) is 25.0 Å². The van der Waals surface area contributed by atoms with Crippen LogP contribution >= 0.6 is 0 Å². The van der Waals surface area contributed by atoms with Gasteiger partial charge in [-0.15, -0.1) is 0 Å². The molecule has 2 aromatic heterocycles. The summed E-state index contributed by atoms with van der Waals surface area (Å²) in [6, 6.07) is 10.5. The Kier molecular flexibility index (Phi) is 4.93. The summed E-state index contributed by atoms with van der Waals surface area (Å²) in [6.45, 7) is 5.67. The Morgan fingerprint density at radius 3 is 2.82 bits per heavy atom. The minimum absolute atomic E-state index is 0.143. The number of amides is 1. The van der Waals surface area contributed by atoms with Crippen LogP contribution < -0.4 is 5.32 Å². The number of aromatic nitrogens is 1. The third kappa shape index (κ3) is 3.41. The van der Waals surface area contributed by atoms with Crippen LogP contribution in [0.25, 0.3) is 10.9 Å². The van der Waals surface area contributed by atoms with Crippen molar-refractivity contribution in [1.29, 1.82) is 5.26 Å². The van der Waals surface area contributed by atoms with E-state index in [1.54, 1.807) is 6.92 Å². The molecule has 1 fully saturated rings. The second kappa shape index (κ2) is 7.53. The van der Waals surface area contributed by atoms with Gasteiger partial charge in [0.1, 0.15) is 17.4 Å². The topological polar surface area (TPSA) is 85.1 Å². The first-order valence-electron chi connectivity index (χ1n) is 9.65. The number of rotatable bonds is 4. The van der Waals surface area contributed by atoms with Crippen molar-refractivity contribution in [3.05, 3.63) is 52.9 Å². The number of hydrogen-bond donors (Lipinski definition) is 2. The van der Waals surface area contributed by atoms with E-state index >= 15 is 0 Å². The minimum atomic E-state index is -0.143. The van der Waals surface area contributed by atoms with Gasteiger partial charge in [-0.3, -0.25) is 15.0 Å². The summed E-state index contributed by atoms with van der Waals surface area (Å²) < 4.78 is 5.53. The van der Waals surface area contributed by atoms with E-state index in [2.05, 4.69) is 45.7 Å². The molecule has 0 atom stereocenters. The van der Waals surface area contributed by atoms with E-state index in [0.29, 0.717) is 23.8 Å². The van der Waals surface area contributed by atoms with Crippen molar-refractivity contribution in [1.82, 2.24) is 9.88 Å². The van der Waals surface area contributed by atoms with E-state index in [1.807, 2.05) is 13.0 Å². The Labute approximate surface area is 164 Å². The van der Waals surface area contributed by atoms with Crippen molar-refractivity contribution in [3.8, 4) is 6.07 Å². The molecule has 1 aromatic carbocycles. The molecule has 1 amide bonds. The first-order chi connectivity index (χ1) is 13.6. The summed E-state index contributed by atoms with van der Waals surface area (Å²) in [5, 5.41) is 13.3. The van der Waals surface area contributed by atoms with Gasteiger partial charge in [0.05, 0.1) is 6.54 Å². The molecule has 1 saturated heterocycles. The molecule has 2 N–H and O–H groups in total. The number of nitrogens with one attached hydrogen (secondary N) is 2. The highest BCUT2D eigenvalue weighted by molar-refractivity contribution is 5.92. The number of hydrogen-bond acceptors (Lipinski definition) is 4. The van der Waals surface area contributed by atoms with E-state index in [-0.39, 0.29) is 11.8 Å². The van der Waals surface area contributed by atoms with E-state index in [1.165, 1.54) is 16.5 Å². The number of aromatic amines is 1. The van der Waals surface area contributed by atoms with Gasteiger partial charge in [0, 0.05) is 22.7 Å². The van der Waals surface area contributed by atoms with Gasteiger partial charge in [-0.1, -0.05) is 18.2 Å². The number of furan rings is 1. The molecule has 6 nitrogen and oxygen atoms in total. The highest BCUT2D eigenvalue weighted by Crippen LogP contribution is 2.33. The van der Waals surface area contributed by atoms with E-state index in [4.69, 9.17) is 4.42 Å². The standard InChI is InChI=1S/C22H24N4O2/c1-14-15(2)28-22(18(14)11-23)25-21(27)13-26-9-7-16(8-10-26)19-12-24-20-6-4-3-5-17(19)20/h3-6,12,16,24H,7-10,13H2,1-2H3,(H,25,27). The molecule has 0 saturated carbocycles. The predicted octanol–water partition coefficient (Wildman–Crippen LogP) is 4.07. The van der Waals surface area contributed by atoms with Crippen LogP contribution in [0.1, 0.15) is 41.2 Å². The molecule has 28 heavy (non-hydrogen) atoms. The molecule has 1 aliphatic heterocycles. The molecular formula is C22H24N4O2. The molecule has 1 aliphatic rings. The molecule has 4 rings (SSSR count). The largest absolute Gasteiger partial charge is 0.444 e. The lowest BCUT2D eigenvalue weighted by molar-refractivity contribution is -0.117. The zero-order chi connectivity index (χ0) is 19.7. The van der Waals surface area contributed by atoms with Crippen molar-refractivity contribution >= 4 is 22.7 Å². The molecule has 6 heteroatoms. The number of likely N-dealkylation sites (tertiary alicyclic amines) is 1. The number of benzene rings is 1. The number of nitrogens with zero attached hydrogens (tertiary/aromatic N) is 2. The highest BCUT2D eigenvalue weighted by atomic mass is 16.4. The van der Waals surface area contributed by atoms with Crippen LogP contribution in [0.4, 0.5) is 5.88 Å². The van der Waals surface area contributed by atoms with Crippen LogP contribution in [0.3, 0.4) is 0 Å². The van der Waals surface area contributed by atoms with Crippen LogP contribution in [-0.2, 0) is 4.79 Å². The van der Waals surface area contributed by atoms with Crippen molar-refractivity contribution in [3.63, 3.8) is 0 Å². The normalized spacial score (nSPS) is 15.6. The molecule has 0 spiro atoms. The van der Waals surface area contributed by atoms with Crippen LogP contribution in [0.5, 0.6) is 0 Å². The van der Waals surface area contributed by atoms with Crippen molar-refractivity contribution in [2.45, 2.75) is 32.6 Å². The Balaban J connectivity index is 1.35. The van der Waals surface area contributed by atoms with Gasteiger partial charge >= 0.3 is 0 Å².